The summed E-state index contributed by atoms with van der Waals surface area (Å²) in [6.07, 6.45) is 2.41. The Balaban J connectivity index is 1.75. The van der Waals surface area contributed by atoms with Crippen LogP contribution < -0.4 is 10.2 Å². The van der Waals surface area contributed by atoms with Crippen molar-refractivity contribution in [3.63, 3.8) is 0 Å². The molecule has 0 spiro atoms. The highest BCUT2D eigenvalue weighted by molar-refractivity contribution is 6.08. The van der Waals surface area contributed by atoms with Crippen LogP contribution >= 0.6 is 0 Å². The van der Waals surface area contributed by atoms with Crippen molar-refractivity contribution in [2.45, 2.75) is 0 Å². The minimum Gasteiger partial charge on any atom is -0.465 e. The van der Waals surface area contributed by atoms with E-state index in [0.29, 0.717) is 43.2 Å². The van der Waals surface area contributed by atoms with Crippen LogP contribution in [0.25, 0.3) is 0 Å². The molecule has 3 rings (SSSR count). The van der Waals surface area contributed by atoms with Crippen LogP contribution in [0, 0.1) is 0 Å². The summed E-state index contributed by atoms with van der Waals surface area (Å²) in [5.74, 6) is -0.189. The number of nitrogens with zero attached hydrogens (tertiary/aromatic N) is 3. The fourth-order valence-electron chi connectivity index (χ4n) is 2.86. The van der Waals surface area contributed by atoms with Crippen molar-refractivity contribution in [1.29, 1.82) is 0 Å². The number of carbonyl (C=O) groups is 3. The van der Waals surface area contributed by atoms with E-state index < -0.39 is 5.97 Å². The molecule has 0 saturated carbocycles. The van der Waals surface area contributed by atoms with Gasteiger partial charge in [-0.1, -0.05) is 12.1 Å². The fourth-order valence-corrected chi connectivity index (χ4v) is 2.86. The summed E-state index contributed by atoms with van der Waals surface area (Å²) in [7, 11) is 1.29. The molecule has 2 heterocycles. The summed E-state index contributed by atoms with van der Waals surface area (Å²) >= 11 is 0. The first-order valence-corrected chi connectivity index (χ1v) is 8.51. The maximum atomic E-state index is 12.6. The van der Waals surface area contributed by atoms with Gasteiger partial charge in [-0.05, 0) is 24.3 Å². The second-order valence-electron chi connectivity index (χ2n) is 6.02. The van der Waals surface area contributed by atoms with Crippen molar-refractivity contribution in [2.75, 3.05) is 43.5 Å². The number of anilines is 2. The van der Waals surface area contributed by atoms with Gasteiger partial charge in [-0.15, -0.1) is 0 Å². The fraction of sp³-hybridized carbons (Fsp3) is 0.263. The molecule has 27 heavy (non-hydrogen) atoms. The zero-order chi connectivity index (χ0) is 19.2. The topological polar surface area (TPSA) is 91.8 Å². The Labute approximate surface area is 156 Å². The largest absolute Gasteiger partial charge is 0.465 e. The third kappa shape index (κ3) is 4.22. The zero-order valence-electron chi connectivity index (χ0n) is 14.9. The zero-order valence-corrected chi connectivity index (χ0v) is 14.9. The molecule has 140 valence electrons. The number of rotatable bonds is 5. The maximum absolute atomic E-state index is 12.6. The van der Waals surface area contributed by atoms with Gasteiger partial charge in [0.2, 0.25) is 6.41 Å². The predicted octanol–water partition coefficient (Wildman–Crippen LogP) is 1.40. The number of para-hydroxylation sites is 1. The van der Waals surface area contributed by atoms with E-state index in [2.05, 4.69) is 10.3 Å². The van der Waals surface area contributed by atoms with Gasteiger partial charge in [0.1, 0.15) is 5.82 Å². The monoisotopic (exact) mass is 368 g/mol. The molecule has 1 fully saturated rings. The van der Waals surface area contributed by atoms with Crippen LogP contribution in [0.3, 0.4) is 0 Å². The average molecular weight is 368 g/mol. The first-order valence-electron chi connectivity index (χ1n) is 8.51. The quantitative estimate of drug-likeness (QED) is 0.634. The Morgan fingerprint density at radius 2 is 1.89 bits per heavy atom. The Kier molecular flexibility index (Phi) is 5.65. The molecule has 8 nitrogen and oxygen atoms in total. The molecule has 0 atom stereocenters. The van der Waals surface area contributed by atoms with Crippen molar-refractivity contribution in [3.05, 3.63) is 53.7 Å². The minimum absolute atomic E-state index is 0.285. The van der Waals surface area contributed by atoms with Gasteiger partial charge >= 0.3 is 5.97 Å². The highest BCUT2D eigenvalue weighted by Gasteiger charge is 2.19. The van der Waals surface area contributed by atoms with Crippen molar-refractivity contribution in [1.82, 2.24) is 9.88 Å². The van der Waals surface area contributed by atoms with Crippen molar-refractivity contribution in [3.8, 4) is 0 Å². The van der Waals surface area contributed by atoms with E-state index in [1.165, 1.54) is 7.11 Å². The number of benzene rings is 1. The SMILES string of the molecule is COC(=O)c1ccccc1NC(=O)c1ccnc(N2CCN(C=O)CC2)c1. The lowest BCUT2D eigenvalue weighted by atomic mass is 10.1. The molecule has 1 aliphatic heterocycles. The molecule has 1 aliphatic rings. The second-order valence-corrected chi connectivity index (χ2v) is 6.02. The highest BCUT2D eigenvalue weighted by atomic mass is 16.5. The van der Waals surface area contributed by atoms with Crippen molar-refractivity contribution >= 4 is 29.8 Å². The van der Waals surface area contributed by atoms with Crippen LogP contribution in [-0.2, 0) is 9.53 Å². The van der Waals surface area contributed by atoms with E-state index in [-0.39, 0.29) is 11.5 Å². The summed E-state index contributed by atoms with van der Waals surface area (Å²) in [6.45, 7) is 2.55. The Morgan fingerprint density at radius 3 is 2.59 bits per heavy atom. The van der Waals surface area contributed by atoms with Crippen LogP contribution in [0.4, 0.5) is 11.5 Å². The van der Waals surface area contributed by atoms with E-state index in [0.717, 1.165) is 6.41 Å². The molecule has 1 saturated heterocycles. The number of amides is 2. The van der Waals surface area contributed by atoms with Gasteiger partial charge in [0.05, 0.1) is 18.4 Å². The normalized spacial score (nSPS) is 13.8. The molecule has 1 aromatic heterocycles. The lowest BCUT2D eigenvalue weighted by molar-refractivity contribution is -0.118. The summed E-state index contributed by atoms with van der Waals surface area (Å²) in [6, 6.07) is 9.97. The van der Waals surface area contributed by atoms with Gasteiger partial charge in [-0.3, -0.25) is 9.59 Å². The van der Waals surface area contributed by atoms with Gasteiger partial charge in [0.15, 0.2) is 0 Å². The average Bonchev–Trinajstić information content (AvgIpc) is 2.73. The number of aromatic nitrogens is 1. The molecule has 1 aromatic carbocycles. The molecular weight excluding hydrogens is 348 g/mol. The number of hydrogen-bond donors (Lipinski definition) is 1. The third-order valence-corrected chi connectivity index (χ3v) is 4.38. The van der Waals surface area contributed by atoms with E-state index in [1.807, 2.05) is 4.90 Å². The standard InChI is InChI=1S/C19H20N4O4/c1-27-19(26)15-4-2-3-5-16(15)21-18(25)14-6-7-20-17(12-14)23-10-8-22(13-24)9-11-23/h2-7,12-13H,8-11H2,1H3,(H,21,25). The molecule has 0 radical (unpaired) electrons. The van der Waals surface area contributed by atoms with Crippen molar-refractivity contribution < 1.29 is 19.1 Å². The molecular formula is C19H20N4O4. The smallest absolute Gasteiger partial charge is 0.339 e. The van der Waals surface area contributed by atoms with Crippen LogP contribution in [0.2, 0.25) is 0 Å². The predicted molar refractivity (Wildman–Crippen MR) is 99.8 cm³/mol. The number of methoxy groups -OCH3 is 1. The number of esters is 1. The molecule has 1 N–H and O–H groups in total. The number of hydrogen-bond acceptors (Lipinski definition) is 6. The maximum Gasteiger partial charge on any atom is 0.339 e. The van der Waals surface area contributed by atoms with E-state index in [1.54, 1.807) is 47.5 Å². The second kappa shape index (κ2) is 8.31. The first kappa shape index (κ1) is 18.4. The summed E-state index contributed by atoms with van der Waals surface area (Å²) in [5, 5.41) is 2.75. The summed E-state index contributed by atoms with van der Waals surface area (Å²) < 4.78 is 4.74. The Bertz CT molecular complexity index is 847. The summed E-state index contributed by atoms with van der Waals surface area (Å²) in [5.41, 5.74) is 1.09. The molecule has 8 heteroatoms. The van der Waals surface area contributed by atoms with Gasteiger partial charge in [0.25, 0.3) is 5.91 Å². The van der Waals surface area contributed by atoms with E-state index in [9.17, 15) is 14.4 Å². The van der Waals surface area contributed by atoms with E-state index >= 15 is 0 Å². The van der Waals surface area contributed by atoms with Crippen LogP contribution in [0.1, 0.15) is 20.7 Å². The molecule has 0 aliphatic carbocycles. The van der Waals surface area contributed by atoms with Crippen molar-refractivity contribution in [2.24, 2.45) is 0 Å². The van der Waals surface area contributed by atoms with Gasteiger partial charge in [-0.2, -0.15) is 0 Å². The highest BCUT2D eigenvalue weighted by Crippen LogP contribution is 2.19. The van der Waals surface area contributed by atoms with Gasteiger partial charge in [0, 0.05) is 37.9 Å². The molecule has 0 bridgehead atoms. The molecule has 0 unspecified atom stereocenters. The molecule has 2 amide bonds. The lowest BCUT2D eigenvalue weighted by Crippen LogP contribution is -2.46. The number of pyridine rings is 1. The number of ether oxygens (including phenoxy) is 1. The minimum atomic E-state index is -0.519. The Morgan fingerprint density at radius 1 is 1.15 bits per heavy atom. The van der Waals surface area contributed by atoms with Crippen LogP contribution in [-0.4, -0.2) is 61.5 Å². The number of piperazine rings is 1. The number of nitrogens with one attached hydrogen (secondary N) is 1. The lowest BCUT2D eigenvalue weighted by Gasteiger charge is -2.33. The molecule has 2 aromatic rings. The summed E-state index contributed by atoms with van der Waals surface area (Å²) in [4.78, 5) is 43.4. The first-order chi connectivity index (χ1) is 13.1. The van der Waals surface area contributed by atoms with Gasteiger partial charge in [-0.25, -0.2) is 9.78 Å². The number of carbonyl (C=O) groups excluding carboxylic acids is 3. The van der Waals surface area contributed by atoms with E-state index in [4.69, 9.17) is 4.74 Å². The Hall–Kier alpha value is -3.42. The van der Waals surface area contributed by atoms with Gasteiger partial charge < -0.3 is 19.9 Å². The van der Waals surface area contributed by atoms with Crippen LogP contribution in [0.15, 0.2) is 42.6 Å². The van der Waals surface area contributed by atoms with Crippen LogP contribution in [0.5, 0.6) is 0 Å². The third-order valence-electron chi connectivity index (χ3n) is 4.38.